The summed E-state index contributed by atoms with van der Waals surface area (Å²) in [6, 6.07) is 11.4. The standard InChI is InChI=1S/C19H26N4O/c1-3-5-9-13-21-19(24)16-14-17(20-12-4-2)23-18(22-16)15-10-7-6-8-11-15/h6-8,10-11,14H,3-5,9,12-13H2,1-2H3,(H,21,24)(H,20,22,23). The molecule has 2 N–H and O–H groups in total. The Morgan fingerprint density at radius 3 is 2.50 bits per heavy atom. The smallest absolute Gasteiger partial charge is 0.270 e. The van der Waals surface area contributed by atoms with Crippen LogP contribution in [0.25, 0.3) is 11.4 Å². The molecule has 0 aliphatic heterocycles. The molecule has 1 amide bonds. The monoisotopic (exact) mass is 326 g/mol. The zero-order chi connectivity index (χ0) is 17.2. The molecule has 0 aliphatic rings. The van der Waals surface area contributed by atoms with Gasteiger partial charge in [-0.05, 0) is 12.8 Å². The summed E-state index contributed by atoms with van der Waals surface area (Å²) in [5.74, 6) is 1.10. The molecule has 0 atom stereocenters. The number of carbonyl (C=O) groups is 1. The van der Waals surface area contributed by atoms with Crippen molar-refractivity contribution in [2.75, 3.05) is 18.4 Å². The van der Waals surface area contributed by atoms with Gasteiger partial charge in [-0.1, -0.05) is 57.0 Å². The molecule has 0 saturated heterocycles. The number of aromatic nitrogens is 2. The third kappa shape index (κ3) is 5.33. The molecule has 0 bridgehead atoms. The second-order valence-corrected chi connectivity index (χ2v) is 5.72. The van der Waals surface area contributed by atoms with Gasteiger partial charge in [0.05, 0.1) is 0 Å². The normalized spacial score (nSPS) is 10.4. The molecule has 0 fully saturated rings. The Morgan fingerprint density at radius 1 is 1.00 bits per heavy atom. The summed E-state index contributed by atoms with van der Waals surface area (Å²) in [7, 11) is 0. The Labute approximate surface area is 143 Å². The van der Waals surface area contributed by atoms with E-state index in [1.54, 1.807) is 6.07 Å². The molecule has 1 heterocycles. The highest BCUT2D eigenvalue weighted by Gasteiger charge is 2.12. The summed E-state index contributed by atoms with van der Waals surface area (Å²) in [6.45, 7) is 5.72. The molecule has 1 aromatic carbocycles. The molecular weight excluding hydrogens is 300 g/mol. The first-order valence-corrected chi connectivity index (χ1v) is 8.71. The van der Waals surface area contributed by atoms with Gasteiger partial charge in [-0.2, -0.15) is 0 Å². The Bertz CT molecular complexity index is 643. The summed E-state index contributed by atoms with van der Waals surface area (Å²) in [6.07, 6.45) is 4.22. The molecule has 0 aliphatic carbocycles. The lowest BCUT2D eigenvalue weighted by Gasteiger charge is -2.10. The van der Waals surface area contributed by atoms with Gasteiger partial charge in [0.25, 0.3) is 5.91 Å². The van der Waals surface area contributed by atoms with E-state index < -0.39 is 0 Å². The highest BCUT2D eigenvalue weighted by molar-refractivity contribution is 5.93. The minimum Gasteiger partial charge on any atom is -0.370 e. The van der Waals surface area contributed by atoms with E-state index in [4.69, 9.17) is 0 Å². The number of nitrogens with zero attached hydrogens (tertiary/aromatic N) is 2. The molecule has 0 spiro atoms. The van der Waals surface area contributed by atoms with Crippen LogP contribution in [0.1, 0.15) is 50.0 Å². The summed E-state index contributed by atoms with van der Waals surface area (Å²) < 4.78 is 0. The van der Waals surface area contributed by atoms with Crippen LogP contribution in [0.2, 0.25) is 0 Å². The van der Waals surface area contributed by atoms with E-state index in [9.17, 15) is 4.79 Å². The minimum absolute atomic E-state index is 0.148. The zero-order valence-corrected chi connectivity index (χ0v) is 14.5. The van der Waals surface area contributed by atoms with Crippen molar-refractivity contribution in [1.29, 1.82) is 0 Å². The Morgan fingerprint density at radius 2 is 1.79 bits per heavy atom. The molecular formula is C19H26N4O. The van der Waals surface area contributed by atoms with Gasteiger partial charge in [0.1, 0.15) is 11.5 Å². The molecule has 0 saturated carbocycles. The lowest BCUT2D eigenvalue weighted by Crippen LogP contribution is -2.26. The highest BCUT2D eigenvalue weighted by Crippen LogP contribution is 2.18. The Hall–Kier alpha value is -2.43. The van der Waals surface area contributed by atoms with Gasteiger partial charge < -0.3 is 10.6 Å². The Kier molecular flexibility index (Phi) is 7.21. The van der Waals surface area contributed by atoms with Crippen LogP contribution in [0.4, 0.5) is 5.82 Å². The van der Waals surface area contributed by atoms with Crippen LogP contribution in [-0.2, 0) is 0 Å². The molecule has 0 radical (unpaired) electrons. The second-order valence-electron chi connectivity index (χ2n) is 5.72. The molecule has 0 unspecified atom stereocenters. The number of carbonyl (C=O) groups excluding carboxylic acids is 1. The van der Waals surface area contributed by atoms with Gasteiger partial charge in [0, 0.05) is 24.7 Å². The first-order valence-electron chi connectivity index (χ1n) is 8.71. The van der Waals surface area contributed by atoms with Gasteiger partial charge in [-0.3, -0.25) is 4.79 Å². The molecule has 5 nitrogen and oxygen atoms in total. The van der Waals surface area contributed by atoms with Gasteiger partial charge in [-0.25, -0.2) is 9.97 Å². The fraction of sp³-hybridized carbons (Fsp3) is 0.421. The van der Waals surface area contributed by atoms with Crippen molar-refractivity contribution in [3.63, 3.8) is 0 Å². The highest BCUT2D eigenvalue weighted by atomic mass is 16.1. The van der Waals surface area contributed by atoms with Crippen LogP contribution < -0.4 is 10.6 Å². The van der Waals surface area contributed by atoms with Crippen LogP contribution in [-0.4, -0.2) is 29.0 Å². The molecule has 128 valence electrons. The van der Waals surface area contributed by atoms with Crippen LogP contribution in [0.5, 0.6) is 0 Å². The van der Waals surface area contributed by atoms with Crippen molar-refractivity contribution < 1.29 is 4.79 Å². The van der Waals surface area contributed by atoms with Crippen molar-refractivity contribution in [1.82, 2.24) is 15.3 Å². The molecule has 5 heteroatoms. The number of amides is 1. The lowest BCUT2D eigenvalue weighted by atomic mass is 10.2. The minimum atomic E-state index is -0.148. The van der Waals surface area contributed by atoms with Gasteiger partial charge in [-0.15, -0.1) is 0 Å². The third-order valence-electron chi connectivity index (χ3n) is 3.61. The number of anilines is 1. The summed E-state index contributed by atoms with van der Waals surface area (Å²) in [5.41, 5.74) is 1.30. The van der Waals surface area contributed by atoms with E-state index in [1.807, 2.05) is 30.3 Å². The first kappa shape index (κ1) is 17.9. The first-order chi connectivity index (χ1) is 11.7. The van der Waals surface area contributed by atoms with Crippen LogP contribution in [0.15, 0.2) is 36.4 Å². The molecule has 2 rings (SSSR count). The maximum Gasteiger partial charge on any atom is 0.270 e. The number of hydrogen-bond acceptors (Lipinski definition) is 4. The second kappa shape index (κ2) is 9.65. The van der Waals surface area contributed by atoms with E-state index in [0.29, 0.717) is 23.9 Å². The lowest BCUT2D eigenvalue weighted by molar-refractivity contribution is 0.0948. The molecule has 1 aromatic heterocycles. The van der Waals surface area contributed by atoms with Gasteiger partial charge in [0.15, 0.2) is 5.82 Å². The average molecular weight is 326 g/mol. The predicted octanol–water partition coefficient (Wildman–Crippen LogP) is 3.89. The van der Waals surface area contributed by atoms with Crippen molar-refractivity contribution in [3.8, 4) is 11.4 Å². The number of nitrogens with one attached hydrogen (secondary N) is 2. The fourth-order valence-electron chi connectivity index (χ4n) is 2.29. The predicted molar refractivity (Wildman–Crippen MR) is 98.1 cm³/mol. The number of benzene rings is 1. The maximum absolute atomic E-state index is 12.4. The van der Waals surface area contributed by atoms with E-state index in [-0.39, 0.29) is 5.91 Å². The zero-order valence-electron chi connectivity index (χ0n) is 14.5. The van der Waals surface area contributed by atoms with Crippen molar-refractivity contribution >= 4 is 11.7 Å². The van der Waals surface area contributed by atoms with E-state index in [0.717, 1.165) is 37.8 Å². The van der Waals surface area contributed by atoms with E-state index in [2.05, 4.69) is 34.4 Å². The SMILES string of the molecule is CCCCCNC(=O)c1cc(NCCC)nc(-c2ccccc2)n1. The quantitative estimate of drug-likeness (QED) is 0.686. The average Bonchev–Trinajstić information content (AvgIpc) is 2.64. The van der Waals surface area contributed by atoms with Crippen LogP contribution in [0, 0.1) is 0 Å². The molecule has 24 heavy (non-hydrogen) atoms. The number of unbranched alkanes of at least 4 members (excludes halogenated alkanes) is 2. The number of hydrogen-bond donors (Lipinski definition) is 2. The topological polar surface area (TPSA) is 66.9 Å². The Balaban J connectivity index is 2.21. The molecule has 2 aromatic rings. The maximum atomic E-state index is 12.4. The van der Waals surface area contributed by atoms with Gasteiger partial charge in [0.2, 0.25) is 0 Å². The van der Waals surface area contributed by atoms with E-state index in [1.165, 1.54) is 0 Å². The van der Waals surface area contributed by atoms with Crippen LogP contribution in [0.3, 0.4) is 0 Å². The van der Waals surface area contributed by atoms with E-state index >= 15 is 0 Å². The fourth-order valence-corrected chi connectivity index (χ4v) is 2.29. The van der Waals surface area contributed by atoms with Crippen LogP contribution >= 0.6 is 0 Å². The summed E-state index contributed by atoms with van der Waals surface area (Å²) in [4.78, 5) is 21.4. The summed E-state index contributed by atoms with van der Waals surface area (Å²) >= 11 is 0. The van der Waals surface area contributed by atoms with Crippen molar-refractivity contribution in [3.05, 3.63) is 42.1 Å². The third-order valence-corrected chi connectivity index (χ3v) is 3.61. The van der Waals surface area contributed by atoms with Gasteiger partial charge >= 0.3 is 0 Å². The summed E-state index contributed by atoms with van der Waals surface area (Å²) in [5, 5.41) is 6.18. The van der Waals surface area contributed by atoms with Crippen molar-refractivity contribution in [2.45, 2.75) is 39.5 Å². The van der Waals surface area contributed by atoms with Crippen molar-refractivity contribution in [2.24, 2.45) is 0 Å². The largest absolute Gasteiger partial charge is 0.370 e. The number of rotatable bonds is 9.